The van der Waals surface area contributed by atoms with Gasteiger partial charge >= 0.3 is 0 Å². The lowest BCUT2D eigenvalue weighted by atomic mass is 10.1. The minimum Gasteiger partial charge on any atom is -0.494 e. The molecule has 28 heavy (non-hydrogen) atoms. The average Bonchev–Trinajstić information content (AvgIpc) is 3.38. The van der Waals surface area contributed by atoms with Gasteiger partial charge in [-0.05, 0) is 41.8 Å². The van der Waals surface area contributed by atoms with E-state index < -0.39 is 10.0 Å². The lowest BCUT2D eigenvalue weighted by Gasteiger charge is -2.06. The van der Waals surface area contributed by atoms with E-state index in [1.165, 1.54) is 11.3 Å². The molecule has 0 bridgehead atoms. The van der Waals surface area contributed by atoms with Crippen molar-refractivity contribution in [1.29, 1.82) is 0 Å². The summed E-state index contributed by atoms with van der Waals surface area (Å²) in [7, 11) is -3.65. The maximum absolute atomic E-state index is 12.5. The van der Waals surface area contributed by atoms with Crippen LogP contribution in [0.3, 0.4) is 0 Å². The highest BCUT2D eigenvalue weighted by atomic mass is 32.2. The molecule has 0 aliphatic carbocycles. The maximum Gasteiger partial charge on any atom is 0.271 e. The van der Waals surface area contributed by atoms with Crippen LogP contribution in [0.1, 0.15) is 0 Å². The SMILES string of the molecule is O=S(=O)(Nc1ccc2[nH]c(O)c(-c3nc4ccccc4s3)c2c1)c1cccs1. The van der Waals surface area contributed by atoms with E-state index in [1.54, 1.807) is 35.7 Å². The van der Waals surface area contributed by atoms with Crippen molar-refractivity contribution in [3.8, 4) is 16.5 Å². The molecule has 0 amide bonds. The van der Waals surface area contributed by atoms with Crippen LogP contribution in [0.5, 0.6) is 5.88 Å². The van der Waals surface area contributed by atoms with Crippen molar-refractivity contribution in [3.63, 3.8) is 0 Å². The average molecular weight is 428 g/mol. The fourth-order valence-corrected chi connectivity index (χ4v) is 6.13. The molecule has 5 rings (SSSR count). The zero-order chi connectivity index (χ0) is 19.3. The third-order valence-corrected chi connectivity index (χ3v) is 8.13. The van der Waals surface area contributed by atoms with Gasteiger partial charge in [-0.2, -0.15) is 0 Å². The summed E-state index contributed by atoms with van der Waals surface area (Å²) in [6.45, 7) is 0. The number of aromatic amines is 1. The third-order valence-electron chi connectivity index (χ3n) is 4.30. The van der Waals surface area contributed by atoms with Crippen molar-refractivity contribution < 1.29 is 13.5 Å². The number of sulfonamides is 1. The molecule has 0 spiro atoms. The minimum atomic E-state index is -3.65. The molecule has 2 aromatic carbocycles. The van der Waals surface area contributed by atoms with Crippen LogP contribution in [0.2, 0.25) is 0 Å². The van der Waals surface area contributed by atoms with Crippen molar-refractivity contribution in [2.45, 2.75) is 4.21 Å². The van der Waals surface area contributed by atoms with E-state index in [-0.39, 0.29) is 10.1 Å². The van der Waals surface area contributed by atoms with E-state index in [0.717, 1.165) is 21.6 Å². The molecular formula is C19H13N3O3S3. The van der Waals surface area contributed by atoms with Gasteiger partial charge in [-0.25, -0.2) is 13.4 Å². The van der Waals surface area contributed by atoms with Crippen LogP contribution >= 0.6 is 22.7 Å². The highest BCUT2D eigenvalue weighted by Gasteiger charge is 2.19. The van der Waals surface area contributed by atoms with Gasteiger partial charge in [0.05, 0.1) is 15.8 Å². The second kappa shape index (κ2) is 6.33. The molecule has 3 heterocycles. The van der Waals surface area contributed by atoms with Crippen LogP contribution in [0, 0.1) is 0 Å². The van der Waals surface area contributed by atoms with E-state index in [2.05, 4.69) is 14.7 Å². The van der Waals surface area contributed by atoms with E-state index in [1.807, 2.05) is 24.3 Å². The number of aromatic hydroxyl groups is 1. The van der Waals surface area contributed by atoms with E-state index >= 15 is 0 Å². The number of fused-ring (bicyclic) bond motifs is 2. The summed E-state index contributed by atoms with van der Waals surface area (Å²) >= 11 is 2.63. The summed E-state index contributed by atoms with van der Waals surface area (Å²) in [5, 5.41) is 13.5. The molecular weight excluding hydrogens is 414 g/mol. The summed E-state index contributed by atoms with van der Waals surface area (Å²) in [6.07, 6.45) is 0. The second-order valence-electron chi connectivity index (χ2n) is 6.13. The topological polar surface area (TPSA) is 95.1 Å². The number of aromatic nitrogens is 2. The highest BCUT2D eigenvalue weighted by Crippen LogP contribution is 2.41. The molecule has 140 valence electrons. The predicted octanol–water partition coefficient (Wildman–Crippen LogP) is 5.01. The monoisotopic (exact) mass is 427 g/mol. The van der Waals surface area contributed by atoms with Crippen molar-refractivity contribution >= 4 is 59.5 Å². The van der Waals surface area contributed by atoms with Gasteiger partial charge in [0.2, 0.25) is 0 Å². The van der Waals surface area contributed by atoms with E-state index in [9.17, 15) is 13.5 Å². The molecule has 5 aromatic rings. The first-order valence-electron chi connectivity index (χ1n) is 8.28. The van der Waals surface area contributed by atoms with E-state index in [4.69, 9.17) is 0 Å². The molecule has 3 N–H and O–H groups in total. The van der Waals surface area contributed by atoms with Crippen LogP contribution in [0.4, 0.5) is 5.69 Å². The molecule has 9 heteroatoms. The lowest BCUT2D eigenvalue weighted by Crippen LogP contribution is -2.11. The number of rotatable bonds is 4. The van der Waals surface area contributed by atoms with Gasteiger partial charge in [-0.15, -0.1) is 22.7 Å². The molecule has 0 aliphatic heterocycles. The number of nitrogens with one attached hydrogen (secondary N) is 2. The number of anilines is 1. The summed E-state index contributed by atoms with van der Waals surface area (Å²) in [5.74, 6) is 0.00678. The fraction of sp³-hybridized carbons (Fsp3) is 0. The number of nitrogens with zero attached hydrogens (tertiary/aromatic N) is 1. The van der Waals surface area contributed by atoms with Gasteiger partial charge in [0, 0.05) is 16.6 Å². The lowest BCUT2D eigenvalue weighted by molar-refractivity contribution is 0.460. The molecule has 0 radical (unpaired) electrons. The molecule has 0 aliphatic rings. The van der Waals surface area contributed by atoms with E-state index in [0.29, 0.717) is 27.2 Å². The molecule has 6 nitrogen and oxygen atoms in total. The van der Waals surface area contributed by atoms with Gasteiger partial charge < -0.3 is 10.1 Å². The van der Waals surface area contributed by atoms with Gasteiger partial charge in [-0.1, -0.05) is 18.2 Å². The largest absolute Gasteiger partial charge is 0.494 e. The second-order valence-corrected chi connectivity index (χ2v) is 10.0. The molecule has 3 aromatic heterocycles. The van der Waals surface area contributed by atoms with Crippen LogP contribution in [0.15, 0.2) is 64.2 Å². The first-order valence-corrected chi connectivity index (χ1v) is 11.5. The van der Waals surface area contributed by atoms with Crippen LogP contribution in [-0.4, -0.2) is 23.5 Å². The Labute approximate surface area is 168 Å². The number of thiazole rings is 1. The molecule has 0 saturated heterocycles. The van der Waals surface area contributed by atoms with Crippen molar-refractivity contribution in [3.05, 3.63) is 60.0 Å². The number of H-pyrrole nitrogens is 1. The Morgan fingerprint density at radius 1 is 1.07 bits per heavy atom. The standard InChI is InChI=1S/C19H13N3O3S3/c23-18-17(19-21-14-4-1-2-5-15(14)27-19)12-10-11(7-8-13(12)20-18)22-28(24,25)16-6-3-9-26-16/h1-10,20,22-23H. The fourth-order valence-electron chi connectivity index (χ4n) is 3.06. The summed E-state index contributed by atoms with van der Waals surface area (Å²) < 4.78 is 28.9. The van der Waals surface area contributed by atoms with Crippen LogP contribution in [-0.2, 0) is 10.0 Å². The Kier molecular flexibility index (Phi) is 3.90. The smallest absolute Gasteiger partial charge is 0.271 e. The quantitative estimate of drug-likeness (QED) is 0.376. The van der Waals surface area contributed by atoms with Crippen LogP contribution < -0.4 is 4.72 Å². The maximum atomic E-state index is 12.5. The van der Waals surface area contributed by atoms with Crippen LogP contribution in [0.25, 0.3) is 31.7 Å². The van der Waals surface area contributed by atoms with Gasteiger partial charge in [0.25, 0.3) is 10.0 Å². The van der Waals surface area contributed by atoms with Gasteiger partial charge in [0.1, 0.15) is 9.22 Å². The summed E-state index contributed by atoms with van der Waals surface area (Å²) in [6, 6.07) is 16.1. The minimum absolute atomic E-state index is 0.00678. The molecule has 0 saturated carbocycles. The number of hydrogen-bond donors (Lipinski definition) is 3. The number of benzene rings is 2. The van der Waals surface area contributed by atoms with Gasteiger partial charge in [0.15, 0.2) is 5.88 Å². The molecule has 0 unspecified atom stereocenters. The Bertz CT molecular complexity index is 1380. The highest BCUT2D eigenvalue weighted by molar-refractivity contribution is 7.94. The molecule has 0 fully saturated rings. The Balaban J connectivity index is 1.62. The Morgan fingerprint density at radius 3 is 2.71 bits per heavy atom. The van der Waals surface area contributed by atoms with Gasteiger partial charge in [-0.3, -0.25) is 4.72 Å². The first kappa shape index (κ1) is 17.2. The van der Waals surface area contributed by atoms with Crippen molar-refractivity contribution in [1.82, 2.24) is 9.97 Å². The number of para-hydroxylation sites is 1. The zero-order valence-electron chi connectivity index (χ0n) is 14.2. The predicted molar refractivity (Wildman–Crippen MR) is 114 cm³/mol. The third kappa shape index (κ3) is 2.84. The van der Waals surface area contributed by atoms with Crippen molar-refractivity contribution in [2.24, 2.45) is 0 Å². The molecule has 0 atom stereocenters. The Morgan fingerprint density at radius 2 is 1.93 bits per heavy atom. The Hall–Kier alpha value is -2.88. The first-order chi connectivity index (χ1) is 13.5. The summed E-state index contributed by atoms with van der Waals surface area (Å²) in [4.78, 5) is 7.55. The summed E-state index contributed by atoms with van der Waals surface area (Å²) in [5.41, 5.74) is 2.53. The number of thiophene rings is 1. The normalized spacial score (nSPS) is 12.0. The number of hydrogen-bond acceptors (Lipinski definition) is 6. The van der Waals surface area contributed by atoms with Crippen molar-refractivity contribution in [2.75, 3.05) is 4.72 Å². The zero-order valence-corrected chi connectivity index (χ0v) is 16.7.